The summed E-state index contributed by atoms with van der Waals surface area (Å²) >= 11 is 2.93. The second-order valence-electron chi connectivity index (χ2n) is 7.79. The van der Waals surface area contributed by atoms with Gasteiger partial charge in [0.05, 0.1) is 23.9 Å². The Morgan fingerprint density at radius 1 is 1.32 bits per heavy atom. The molecular weight excluding hydrogens is 434 g/mol. The van der Waals surface area contributed by atoms with Crippen LogP contribution >= 0.6 is 22.7 Å². The van der Waals surface area contributed by atoms with Gasteiger partial charge in [0.1, 0.15) is 16.4 Å². The molecule has 0 saturated carbocycles. The number of carbonyl (C=O) groups excluding carboxylic acids is 2. The Kier molecular flexibility index (Phi) is 6.24. The van der Waals surface area contributed by atoms with Gasteiger partial charge in [-0.1, -0.05) is 13.8 Å². The average molecular weight is 460 g/mol. The number of hydrogen-bond donors (Lipinski definition) is 1. The van der Waals surface area contributed by atoms with Crippen LogP contribution in [0.25, 0.3) is 10.2 Å². The van der Waals surface area contributed by atoms with Gasteiger partial charge in [-0.2, -0.15) is 0 Å². The number of fused-ring (bicyclic) bond motifs is 2. The highest BCUT2D eigenvalue weighted by atomic mass is 32.1. The van der Waals surface area contributed by atoms with Crippen molar-refractivity contribution in [3.8, 4) is 0 Å². The number of nitrogens with zero attached hydrogens (tertiary/aromatic N) is 2. The van der Waals surface area contributed by atoms with Crippen molar-refractivity contribution in [3.05, 3.63) is 43.6 Å². The molecule has 3 aromatic heterocycles. The topological polar surface area (TPSA) is 90.3 Å². The third-order valence-corrected chi connectivity index (χ3v) is 7.83. The van der Waals surface area contributed by atoms with Gasteiger partial charge in [-0.25, -0.2) is 9.78 Å². The highest BCUT2D eigenvalue weighted by Gasteiger charge is 2.29. The molecule has 1 N–H and O–H groups in total. The van der Waals surface area contributed by atoms with Crippen LogP contribution in [0.2, 0.25) is 0 Å². The van der Waals surface area contributed by atoms with Gasteiger partial charge in [0.15, 0.2) is 0 Å². The largest absolute Gasteiger partial charge is 0.462 e. The minimum absolute atomic E-state index is 0.166. The van der Waals surface area contributed by atoms with Crippen LogP contribution in [0.1, 0.15) is 52.9 Å². The lowest BCUT2D eigenvalue weighted by molar-refractivity contribution is -0.116. The summed E-state index contributed by atoms with van der Waals surface area (Å²) in [5.74, 6) is -0.235. The molecule has 7 nitrogen and oxygen atoms in total. The van der Waals surface area contributed by atoms with E-state index >= 15 is 0 Å². The molecule has 0 spiro atoms. The zero-order valence-electron chi connectivity index (χ0n) is 17.8. The number of anilines is 1. The molecule has 4 rings (SSSR count). The molecule has 0 fully saturated rings. The first-order valence-corrected chi connectivity index (χ1v) is 12.1. The van der Waals surface area contributed by atoms with Crippen molar-refractivity contribution in [2.24, 2.45) is 5.92 Å². The number of thiophene rings is 2. The van der Waals surface area contributed by atoms with Gasteiger partial charge >= 0.3 is 5.97 Å². The van der Waals surface area contributed by atoms with Crippen LogP contribution in [0.3, 0.4) is 0 Å². The van der Waals surface area contributed by atoms with Crippen molar-refractivity contribution in [1.82, 2.24) is 9.55 Å². The Balaban J connectivity index is 1.60. The van der Waals surface area contributed by atoms with E-state index in [9.17, 15) is 14.4 Å². The average Bonchev–Trinajstić information content (AvgIpc) is 3.31. The third-order valence-electron chi connectivity index (χ3n) is 5.48. The Bertz CT molecular complexity index is 1210. The van der Waals surface area contributed by atoms with E-state index in [1.54, 1.807) is 6.92 Å². The SMILES string of the molecule is CCOC(=O)c1c(NC(=O)Cn2cnc3sc(CC)cc3c2=O)sc2c1CC[C@H](C)C2. The number of rotatable bonds is 6. The summed E-state index contributed by atoms with van der Waals surface area (Å²) in [6, 6.07) is 1.84. The first-order chi connectivity index (χ1) is 14.9. The fourth-order valence-corrected chi connectivity index (χ4v) is 6.22. The molecule has 1 amide bonds. The van der Waals surface area contributed by atoms with Crippen LogP contribution in [0.15, 0.2) is 17.2 Å². The molecule has 1 aliphatic rings. The molecule has 31 heavy (non-hydrogen) atoms. The first-order valence-electron chi connectivity index (χ1n) is 10.5. The first kappa shape index (κ1) is 21.7. The lowest BCUT2D eigenvalue weighted by atomic mass is 9.88. The minimum atomic E-state index is -0.407. The zero-order valence-corrected chi connectivity index (χ0v) is 19.5. The van der Waals surface area contributed by atoms with Crippen LogP contribution < -0.4 is 10.9 Å². The van der Waals surface area contributed by atoms with E-state index in [4.69, 9.17) is 4.74 Å². The van der Waals surface area contributed by atoms with Crippen molar-refractivity contribution in [1.29, 1.82) is 0 Å². The highest BCUT2D eigenvalue weighted by Crippen LogP contribution is 2.40. The van der Waals surface area contributed by atoms with Gasteiger partial charge in [0, 0.05) is 9.75 Å². The van der Waals surface area contributed by atoms with Crippen molar-refractivity contribution >= 4 is 49.8 Å². The normalized spacial score (nSPS) is 15.6. The zero-order chi connectivity index (χ0) is 22.1. The number of hydrogen-bond acceptors (Lipinski definition) is 7. The smallest absolute Gasteiger partial charge is 0.341 e. The van der Waals surface area contributed by atoms with Crippen LogP contribution in [-0.4, -0.2) is 28.0 Å². The second-order valence-corrected chi connectivity index (χ2v) is 10.0. The maximum Gasteiger partial charge on any atom is 0.341 e. The van der Waals surface area contributed by atoms with Crippen molar-refractivity contribution < 1.29 is 14.3 Å². The summed E-state index contributed by atoms with van der Waals surface area (Å²) < 4.78 is 6.56. The molecule has 0 saturated heterocycles. The molecule has 164 valence electrons. The Hall–Kier alpha value is -2.52. The molecule has 1 atom stereocenters. The van der Waals surface area contributed by atoms with E-state index in [-0.39, 0.29) is 24.6 Å². The Labute approximate surface area is 188 Å². The van der Waals surface area contributed by atoms with Gasteiger partial charge in [-0.3, -0.25) is 14.2 Å². The molecule has 3 heterocycles. The van der Waals surface area contributed by atoms with Crippen molar-refractivity contribution in [3.63, 3.8) is 0 Å². The molecule has 0 aromatic carbocycles. The lowest BCUT2D eigenvalue weighted by Gasteiger charge is -2.18. The van der Waals surface area contributed by atoms with Crippen LogP contribution in [0.4, 0.5) is 5.00 Å². The van der Waals surface area contributed by atoms with Crippen LogP contribution in [-0.2, 0) is 35.3 Å². The molecular formula is C22H25N3O4S2. The minimum Gasteiger partial charge on any atom is -0.462 e. The monoisotopic (exact) mass is 459 g/mol. The standard InChI is InChI=1S/C22H25N3O4S2/c1-4-13-9-15-19(30-13)23-11-25(21(15)27)10-17(26)24-20-18(22(28)29-5-2)14-7-6-12(3)8-16(14)31-20/h9,11-12H,4-8,10H2,1-3H3,(H,24,26)/t12-/m0/s1. The summed E-state index contributed by atoms with van der Waals surface area (Å²) in [4.78, 5) is 45.4. The summed E-state index contributed by atoms with van der Waals surface area (Å²) in [6.07, 6.45) is 4.94. The molecule has 0 radical (unpaired) electrons. The quantitative estimate of drug-likeness (QED) is 0.562. The van der Waals surface area contributed by atoms with Crippen LogP contribution in [0, 0.1) is 5.92 Å². The van der Waals surface area contributed by atoms with Crippen molar-refractivity contribution in [2.75, 3.05) is 11.9 Å². The number of ether oxygens (including phenoxy) is 1. The van der Waals surface area contributed by atoms with E-state index in [2.05, 4.69) is 17.2 Å². The summed E-state index contributed by atoms with van der Waals surface area (Å²) in [5, 5.41) is 3.90. The number of aromatic nitrogens is 2. The van der Waals surface area contributed by atoms with E-state index in [1.165, 1.54) is 33.6 Å². The molecule has 0 bridgehead atoms. The summed E-state index contributed by atoms with van der Waals surface area (Å²) in [6.45, 7) is 6.09. The summed E-state index contributed by atoms with van der Waals surface area (Å²) in [7, 11) is 0. The Morgan fingerprint density at radius 3 is 2.87 bits per heavy atom. The van der Waals surface area contributed by atoms with E-state index in [0.717, 1.165) is 41.0 Å². The number of nitrogens with one attached hydrogen (secondary N) is 1. The second kappa shape index (κ2) is 8.92. The maximum absolute atomic E-state index is 12.8. The van der Waals surface area contributed by atoms with Gasteiger partial charge < -0.3 is 10.1 Å². The fraction of sp³-hybridized carbons (Fsp3) is 0.455. The lowest BCUT2D eigenvalue weighted by Crippen LogP contribution is -2.27. The van der Waals surface area contributed by atoms with Gasteiger partial charge in [0.25, 0.3) is 5.56 Å². The fourth-order valence-electron chi connectivity index (χ4n) is 3.88. The number of esters is 1. The maximum atomic E-state index is 12.8. The highest BCUT2D eigenvalue weighted by molar-refractivity contribution is 7.18. The van der Waals surface area contributed by atoms with E-state index < -0.39 is 5.97 Å². The molecule has 9 heteroatoms. The molecule has 3 aromatic rings. The van der Waals surface area contributed by atoms with E-state index in [0.29, 0.717) is 26.7 Å². The number of amides is 1. The molecule has 0 aliphatic heterocycles. The van der Waals surface area contributed by atoms with E-state index in [1.807, 2.05) is 13.0 Å². The molecule has 1 aliphatic carbocycles. The predicted octanol–water partition coefficient (Wildman–Crippen LogP) is 4.02. The molecule has 0 unspecified atom stereocenters. The predicted molar refractivity (Wildman–Crippen MR) is 123 cm³/mol. The van der Waals surface area contributed by atoms with Gasteiger partial charge in [-0.05, 0) is 50.2 Å². The van der Waals surface area contributed by atoms with Gasteiger partial charge in [0.2, 0.25) is 5.91 Å². The van der Waals surface area contributed by atoms with Crippen LogP contribution in [0.5, 0.6) is 0 Å². The third kappa shape index (κ3) is 4.29. The Morgan fingerprint density at radius 2 is 2.13 bits per heavy atom. The van der Waals surface area contributed by atoms with Crippen molar-refractivity contribution in [2.45, 2.75) is 53.0 Å². The number of aryl methyl sites for hydroxylation is 1. The summed E-state index contributed by atoms with van der Waals surface area (Å²) in [5.41, 5.74) is 1.22. The number of carbonyl (C=O) groups is 2. The van der Waals surface area contributed by atoms with Gasteiger partial charge in [-0.15, -0.1) is 22.7 Å².